The smallest absolute Gasteiger partial charge is 0.338 e. The first kappa shape index (κ1) is 31.5. The summed E-state index contributed by atoms with van der Waals surface area (Å²) < 4.78 is 20.3. The molecule has 0 radical (unpaired) electrons. The third kappa shape index (κ3) is 6.60. The number of nitrogens with zero attached hydrogens (tertiary/aromatic N) is 5. The molecule has 4 heterocycles. The number of carbonyl (C=O) groups is 1. The van der Waals surface area contributed by atoms with E-state index in [1.807, 2.05) is 19.2 Å². The topological polar surface area (TPSA) is 114 Å². The number of amidine groups is 1. The molecule has 2 fully saturated rings. The number of piperazine rings is 1. The van der Waals surface area contributed by atoms with Crippen LogP contribution in [0.3, 0.4) is 0 Å². The summed E-state index contributed by atoms with van der Waals surface area (Å²) in [5.74, 6) is -0.307. The predicted molar refractivity (Wildman–Crippen MR) is 167 cm³/mol. The molecule has 10 nitrogen and oxygen atoms in total. The van der Waals surface area contributed by atoms with Crippen molar-refractivity contribution in [2.75, 3.05) is 45.9 Å². The van der Waals surface area contributed by atoms with E-state index in [0.29, 0.717) is 59.4 Å². The first-order valence-electron chi connectivity index (χ1n) is 14.5. The van der Waals surface area contributed by atoms with Crippen LogP contribution in [0.25, 0.3) is 0 Å². The van der Waals surface area contributed by atoms with Gasteiger partial charge in [0, 0.05) is 68.0 Å². The number of nitrogens with one attached hydrogen (secondary N) is 1. The molecule has 2 atom stereocenters. The second-order valence-corrected chi connectivity index (χ2v) is 13.1. The van der Waals surface area contributed by atoms with Crippen molar-refractivity contribution in [3.8, 4) is 0 Å². The zero-order valence-electron chi connectivity index (χ0n) is 24.9. The Labute approximate surface area is 260 Å². The minimum atomic E-state index is -1.44. The van der Waals surface area contributed by atoms with Crippen molar-refractivity contribution in [3.63, 3.8) is 0 Å². The number of aliphatic hydroxyl groups is 2. The lowest BCUT2D eigenvalue weighted by molar-refractivity contribution is -0.139. The Morgan fingerprint density at radius 2 is 2.09 bits per heavy atom. The maximum atomic E-state index is 14.7. The molecule has 0 aliphatic carbocycles. The Morgan fingerprint density at radius 3 is 2.79 bits per heavy atom. The number of rotatable bonds is 9. The van der Waals surface area contributed by atoms with Crippen LogP contribution in [0.15, 0.2) is 46.0 Å². The molecule has 2 aromatic rings. The first-order chi connectivity index (χ1) is 20.5. The summed E-state index contributed by atoms with van der Waals surface area (Å²) >= 11 is 7.28. The molecule has 2 saturated heterocycles. The van der Waals surface area contributed by atoms with Crippen molar-refractivity contribution < 1.29 is 24.1 Å². The van der Waals surface area contributed by atoms with Gasteiger partial charge in [-0.05, 0) is 49.7 Å². The number of carbonyl (C=O) groups excluding carboxylic acids is 1. The molecule has 0 amide bonds. The maximum Gasteiger partial charge on any atom is 0.338 e. The number of ether oxygens (including phenoxy) is 1. The summed E-state index contributed by atoms with van der Waals surface area (Å²) in [6.45, 7) is 11.0. The molecular weight excluding hydrogens is 592 g/mol. The molecule has 1 aromatic carbocycles. The second kappa shape index (κ2) is 12.9. The second-order valence-electron chi connectivity index (χ2n) is 11.8. The number of thiazole rings is 1. The number of thiocarbonyl (C=S) groups is 1. The predicted octanol–water partition coefficient (Wildman–Crippen LogP) is 2.81. The average Bonchev–Trinajstić information content (AvgIpc) is 3.51. The van der Waals surface area contributed by atoms with Gasteiger partial charge < -0.3 is 30.1 Å². The molecule has 5 rings (SSSR count). The fraction of sp³-hybridized carbons (Fsp3) is 0.533. The molecule has 0 unspecified atom stereocenters. The Bertz CT molecular complexity index is 1410. The maximum absolute atomic E-state index is 14.7. The van der Waals surface area contributed by atoms with E-state index in [9.17, 15) is 19.4 Å². The Kier molecular flexibility index (Phi) is 9.47. The molecule has 1 aromatic heterocycles. The summed E-state index contributed by atoms with van der Waals surface area (Å²) in [4.78, 5) is 29.4. The number of aliphatic hydroxyl groups excluding tert-OH is 1. The van der Waals surface area contributed by atoms with Crippen LogP contribution in [0.5, 0.6) is 0 Å². The first-order valence-corrected chi connectivity index (χ1v) is 15.8. The fourth-order valence-electron chi connectivity index (χ4n) is 5.85. The number of hydrogen-bond donors (Lipinski definition) is 3. The van der Waals surface area contributed by atoms with Gasteiger partial charge in [0.05, 0.1) is 12.2 Å². The average molecular weight is 631 g/mol. The number of aromatic nitrogens is 1. The molecule has 13 heteroatoms. The standard InChI is InChI=1S/C30H39FN6O4S2/c1-5-41-27(38)23-22(33-25(26-32-10-14-43-26)34-24(23)20-7-6-8-21(31)18(20)2)16-35-12-13-37-19(15-35)9-11-36(29(37)42)17-30(3,4)28(39)40/h6-8,10,14,19,24,28,39-40H,5,9,11-13,15-17H2,1-4H3,(H,33,34)/t19-,24-/m0/s1. The summed E-state index contributed by atoms with van der Waals surface area (Å²) in [5.41, 5.74) is 1.36. The number of fused-ring (bicyclic) bond motifs is 1. The molecule has 232 valence electrons. The lowest BCUT2D eigenvalue weighted by atomic mass is 9.91. The van der Waals surface area contributed by atoms with E-state index >= 15 is 0 Å². The quantitative estimate of drug-likeness (QED) is 0.217. The lowest BCUT2D eigenvalue weighted by Crippen LogP contribution is -2.63. The zero-order chi connectivity index (χ0) is 30.9. The van der Waals surface area contributed by atoms with E-state index in [-0.39, 0.29) is 18.5 Å². The lowest BCUT2D eigenvalue weighted by Gasteiger charge is -2.50. The van der Waals surface area contributed by atoms with Crippen molar-refractivity contribution in [3.05, 3.63) is 63.0 Å². The van der Waals surface area contributed by atoms with E-state index in [0.717, 1.165) is 24.6 Å². The normalized spacial score (nSPS) is 21.6. The number of esters is 1. The largest absolute Gasteiger partial charge is 0.463 e. The van der Waals surface area contributed by atoms with Gasteiger partial charge in [0.1, 0.15) is 11.9 Å². The Balaban J connectivity index is 1.42. The molecule has 43 heavy (non-hydrogen) atoms. The minimum absolute atomic E-state index is 0.184. The van der Waals surface area contributed by atoms with Crippen LogP contribution < -0.4 is 5.32 Å². The molecule has 3 aliphatic heterocycles. The summed E-state index contributed by atoms with van der Waals surface area (Å²) in [6.07, 6.45) is 1.13. The van der Waals surface area contributed by atoms with Gasteiger partial charge in [-0.15, -0.1) is 11.3 Å². The monoisotopic (exact) mass is 630 g/mol. The highest BCUT2D eigenvalue weighted by Gasteiger charge is 2.40. The summed E-state index contributed by atoms with van der Waals surface area (Å²) in [7, 11) is 0. The van der Waals surface area contributed by atoms with Gasteiger partial charge in [0.2, 0.25) is 0 Å². The number of aliphatic imine (C=N–C) groups is 1. The molecular formula is C30H39FN6O4S2. The third-order valence-electron chi connectivity index (χ3n) is 8.35. The van der Waals surface area contributed by atoms with Crippen LogP contribution in [-0.4, -0.2) is 105 Å². The van der Waals surface area contributed by atoms with Gasteiger partial charge >= 0.3 is 5.97 Å². The van der Waals surface area contributed by atoms with E-state index in [1.165, 1.54) is 17.4 Å². The van der Waals surface area contributed by atoms with Gasteiger partial charge in [-0.25, -0.2) is 14.2 Å². The Hall–Kier alpha value is -2.97. The molecule has 3 N–H and O–H groups in total. The van der Waals surface area contributed by atoms with E-state index in [2.05, 4.69) is 25.0 Å². The SMILES string of the molecule is CCOC(=O)C1=C(CN2CCN3C(=S)N(CC(C)(C)C(O)O)CC[C@H]3C2)NC(c2nccs2)=N[C@H]1c1cccc(F)c1C. The van der Waals surface area contributed by atoms with Crippen LogP contribution in [0.4, 0.5) is 4.39 Å². The molecule has 3 aliphatic rings. The summed E-state index contributed by atoms with van der Waals surface area (Å²) in [6, 6.07) is 4.27. The van der Waals surface area contributed by atoms with Crippen molar-refractivity contribution in [1.82, 2.24) is 25.0 Å². The van der Waals surface area contributed by atoms with Crippen molar-refractivity contribution >= 4 is 40.5 Å². The van der Waals surface area contributed by atoms with E-state index < -0.39 is 23.7 Å². The van der Waals surface area contributed by atoms with E-state index in [1.54, 1.807) is 32.2 Å². The molecule has 0 saturated carbocycles. The highest BCUT2D eigenvalue weighted by Crippen LogP contribution is 2.36. The van der Waals surface area contributed by atoms with Crippen LogP contribution in [0, 0.1) is 18.2 Å². The molecule has 0 bridgehead atoms. The van der Waals surface area contributed by atoms with Crippen LogP contribution in [-0.2, 0) is 9.53 Å². The fourth-order valence-corrected chi connectivity index (χ4v) is 6.84. The number of hydrogen-bond acceptors (Lipinski definition) is 10. The Morgan fingerprint density at radius 1 is 1.30 bits per heavy atom. The van der Waals surface area contributed by atoms with Gasteiger partial charge in [0.25, 0.3) is 0 Å². The van der Waals surface area contributed by atoms with Gasteiger partial charge in [0.15, 0.2) is 22.2 Å². The van der Waals surface area contributed by atoms with Crippen molar-refractivity contribution in [2.24, 2.45) is 10.4 Å². The summed E-state index contributed by atoms with van der Waals surface area (Å²) in [5, 5.41) is 26.3. The zero-order valence-corrected chi connectivity index (χ0v) is 26.6. The minimum Gasteiger partial charge on any atom is -0.463 e. The highest BCUT2D eigenvalue weighted by atomic mass is 32.1. The van der Waals surface area contributed by atoms with Crippen molar-refractivity contribution in [2.45, 2.75) is 52.5 Å². The number of benzene rings is 1. The van der Waals surface area contributed by atoms with Gasteiger partial charge in [-0.1, -0.05) is 26.0 Å². The number of halogens is 1. The van der Waals surface area contributed by atoms with Crippen LogP contribution in [0.1, 0.15) is 49.4 Å². The highest BCUT2D eigenvalue weighted by molar-refractivity contribution is 7.80. The third-order valence-corrected chi connectivity index (χ3v) is 9.63. The van der Waals surface area contributed by atoms with Gasteiger partial charge in [-0.2, -0.15) is 0 Å². The van der Waals surface area contributed by atoms with E-state index in [4.69, 9.17) is 21.9 Å². The van der Waals surface area contributed by atoms with Crippen LogP contribution >= 0.6 is 23.6 Å². The molecule has 0 spiro atoms. The van der Waals surface area contributed by atoms with Gasteiger partial charge in [-0.3, -0.25) is 9.89 Å². The van der Waals surface area contributed by atoms with Crippen LogP contribution in [0.2, 0.25) is 0 Å². The van der Waals surface area contributed by atoms with Crippen molar-refractivity contribution in [1.29, 1.82) is 0 Å².